The van der Waals surface area contributed by atoms with Crippen LogP contribution in [-0.4, -0.2) is 47.1 Å². The zero-order chi connectivity index (χ0) is 24.0. The summed E-state index contributed by atoms with van der Waals surface area (Å²) in [5.41, 5.74) is 5.20. The quantitative estimate of drug-likeness (QED) is 0.439. The summed E-state index contributed by atoms with van der Waals surface area (Å²) >= 11 is 0. The highest BCUT2D eigenvalue weighted by molar-refractivity contribution is 5.95. The molecule has 1 amide bonds. The molecule has 0 spiro atoms. The predicted molar refractivity (Wildman–Crippen MR) is 138 cm³/mol. The molecule has 0 unspecified atom stereocenters. The average molecular weight is 467 g/mol. The highest BCUT2D eigenvalue weighted by atomic mass is 16.5. The van der Waals surface area contributed by atoms with Gasteiger partial charge < -0.3 is 15.0 Å². The number of ether oxygens (including phenoxy) is 1. The van der Waals surface area contributed by atoms with E-state index in [9.17, 15) is 4.79 Å². The van der Waals surface area contributed by atoms with Gasteiger partial charge in [0, 0.05) is 67.0 Å². The smallest absolute Gasteiger partial charge is 0.254 e. The number of anilines is 1. The third-order valence-electron chi connectivity index (χ3n) is 6.62. The number of amides is 1. The summed E-state index contributed by atoms with van der Waals surface area (Å²) in [4.78, 5) is 23.8. The number of hydrogen-bond donors (Lipinski definition) is 1. The molecule has 1 atom stereocenters. The first-order valence-corrected chi connectivity index (χ1v) is 12.1. The summed E-state index contributed by atoms with van der Waals surface area (Å²) in [6, 6.07) is 18.3. The molecule has 6 heteroatoms. The molecule has 0 bridgehead atoms. The van der Waals surface area contributed by atoms with Crippen molar-refractivity contribution in [3.63, 3.8) is 0 Å². The Morgan fingerprint density at radius 1 is 1.09 bits per heavy atom. The number of carbonyl (C=O) groups excluding carboxylic acids is 1. The topological polar surface area (TPSA) is 67.4 Å². The number of aryl methyl sites for hydroxylation is 1. The van der Waals surface area contributed by atoms with Gasteiger partial charge in [-0.05, 0) is 65.8 Å². The van der Waals surface area contributed by atoms with E-state index in [0.29, 0.717) is 38.4 Å². The molecule has 3 heterocycles. The number of fused-ring (bicyclic) bond motifs is 1. The molecule has 1 saturated heterocycles. The minimum absolute atomic E-state index is 0.0505. The van der Waals surface area contributed by atoms with Crippen LogP contribution in [-0.2, 0) is 17.7 Å². The van der Waals surface area contributed by atoms with Crippen molar-refractivity contribution in [1.82, 2.24) is 14.9 Å². The fraction of sp³-hybridized carbons (Fsp3) is 0.276. The van der Waals surface area contributed by atoms with E-state index in [1.54, 1.807) is 12.4 Å². The summed E-state index contributed by atoms with van der Waals surface area (Å²) in [6.45, 7) is 5.22. The Balaban J connectivity index is 1.30. The van der Waals surface area contributed by atoms with Crippen LogP contribution in [0, 0.1) is 12.8 Å². The number of benzene rings is 2. The summed E-state index contributed by atoms with van der Waals surface area (Å²) < 4.78 is 5.91. The van der Waals surface area contributed by atoms with Crippen LogP contribution in [0.2, 0.25) is 0 Å². The van der Waals surface area contributed by atoms with Gasteiger partial charge in [0.2, 0.25) is 0 Å². The molecule has 1 N–H and O–H groups in total. The first-order chi connectivity index (χ1) is 17.2. The van der Waals surface area contributed by atoms with Crippen LogP contribution in [0.15, 0.2) is 79.4 Å². The molecule has 2 aromatic heterocycles. The number of rotatable bonds is 6. The van der Waals surface area contributed by atoms with E-state index >= 15 is 0 Å². The van der Waals surface area contributed by atoms with E-state index < -0.39 is 0 Å². The molecule has 1 fully saturated rings. The van der Waals surface area contributed by atoms with Crippen molar-refractivity contribution in [3.05, 3.63) is 102 Å². The zero-order valence-electron chi connectivity index (χ0n) is 20.0. The Labute approximate surface area is 206 Å². The molecular formula is C29H30N4O2. The summed E-state index contributed by atoms with van der Waals surface area (Å²) in [7, 11) is 0. The fourth-order valence-corrected chi connectivity index (χ4v) is 4.69. The van der Waals surface area contributed by atoms with Crippen molar-refractivity contribution in [2.75, 3.05) is 31.6 Å². The molecule has 0 radical (unpaired) electrons. The normalized spacial score (nSPS) is 16.1. The standard InChI is InChI=1S/C29H30N4O2/c1-21-5-6-25(16-28(21)32-17-22-7-10-30-11-8-22)29(34)33-13-14-35-20-23(19-33)15-24-3-2-4-26-18-31-12-9-27(24)26/h2-12,16,18,23,32H,13-15,17,19-20H2,1H3/t23-/m0/s1. The molecule has 35 heavy (non-hydrogen) atoms. The Kier molecular flexibility index (Phi) is 7.00. The number of nitrogens with one attached hydrogen (secondary N) is 1. The predicted octanol–water partition coefficient (Wildman–Crippen LogP) is 4.88. The van der Waals surface area contributed by atoms with E-state index in [1.807, 2.05) is 47.6 Å². The lowest BCUT2D eigenvalue weighted by atomic mass is 9.95. The Morgan fingerprint density at radius 3 is 2.83 bits per heavy atom. The van der Waals surface area contributed by atoms with Crippen LogP contribution in [0.5, 0.6) is 0 Å². The highest BCUT2D eigenvalue weighted by Crippen LogP contribution is 2.24. The molecule has 178 valence electrons. The molecule has 4 aromatic rings. The maximum absolute atomic E-state index is 13.5. The monoisotopic (exact) mass is 466 g/mol. The Hall–Kier alpha value is -3.77. The lowest BCUT2D eigenvalue weighted by molar-refractivity contribution is 0.0737. The second-order valence-electron chi connectivity index (χ2n) is 9.15. The van der Waals surface area contributed by atoms with Crippen LogP contribution in [0.3, 0.4) is 0 Å². The maximum Gasteiger partial charge on any atom is 0.254 e. The van der Waals surface area contributed by atoms with E-state index in [2.05, 4.69) is 46.5 Å². The van der Waals surface area contributed by atoms with Crippen molar-refractivity contribution >= 4 is 22.4 Å². The van der Waals surface area contributed by atoms with Crippen LogP contribution >= 0.6 is 0 Å². The van der Waals surface area contributed by atoms with Gasteiger partial charge in [-0.3, -0.25) is 14.8 Å². The molecule has 0 saturated carbocycles. The van der Waals surface area contributed by atoms with Gasteiger partial charge in [0.15, 0.2) is 0 Å². The number of aromatic nitrogens is 2. The maximum atomic E-state index is 13.5. The minimum atomic E-state index is 0.0505. The second-order valence-corrected chi connectivity index (χ2v) is 9.15. The van der Waals surface area contributed by atoms with E-state index in [-0.39, 0.29) is 11.8 Å². The number of pyridine rings is 2. The molecule has 1 aliphatic rings. The third-order valence-corrected chi connectivity index (χ3v) is 6.62. The number of carbonyl (C=O) groups is 1. The first kappa shape index (κ1) is 23.0. The molecular weight excluding hydrogens is 436 g/mol. The zero-order valence-corrected chi connectivity index (χ0v) is 20.0. The van der Waals surface area contributed by atoms with Gasteiger partial charge in [-0.2, -0.15) is 0 Å². The molecule has 0 aliphatic carbocycles. The van der Waals surface area contributed by atoms with Crippen molar-refractivity contribution in [2.24, 2.45) is 5.92 Å². The summed E-state index contributed by atoms with van der Waals surface area (Å²) in [5.74, 6) is 0.282. The van der Waals surface area contributed by atoms with Crippen LogP contribution in [0.4, 0.5) is 5.69 Å². The van der Waals surface area contributed by atoms with E-state index in [0.717, 1.165) is 28.6 Å². The van der Waals surface area contributed by atoms with Gasteiger partial charge in [-0.1, -0.05) is 24.3 Å². The van der Waals surface area contributed by atoms with Crippen molar-refractivity contribution in [1.29, 1.82) is 0 Å². The molecule has 6 nitrogen and oxygen atoms in total. The second kappa shape index (κ2) is 10.7. The molecule has 1 aliphatic heterocycles. The van der Waals surface area contributed by atoms with Gasteiger partial charge in [-0.25, -0.2) is 0 Å². The van der Waals surface area contributed by atoms with Crippen LogP contribution in [0.1, 0.15) is 27.0 Å². The third kappa shape index (κ3) is 5.49. The lowest BCUT2D eigenvalue weighted by Crippen LogP contribution is -2.36. The molecule has 2 aromatic carbocycles. The van der Waals surface area contributed by atoms with Crippen LogP contribution < -0.4 is 5.32 Å². The number of nitrogens with zero attached hydrogens (tertiary/aromatic N) is 3. The lowest BCUT2D eigenvalue weighted by Gasteiger charge is -2.24. The van der Waals surface area contributed by atoms with Gasteiger partial charge >= 0.3 is 0 Å². The minimum Gasteiger partial charge on any atom is -0.381 e. The average Bonchev–Trinajstić information content (AvgIpc) is 3.14. The van der Waals surface area contributed by atoms with Gasteiger partial charge in [0.1, 0.15) is 0 Å². The Bertz CT molecular complexity index is 1300. The van der Waals surface area contributed by atoms with E-state index in [1.165, 1.54) is 10.9 Å². The number of hydrogen-bond acceptors (Lipinski definition) is 5. The van der Waals surface area contributed by atoms with Crippen molar-refractivity contribution < 1.29 is 9.53 Å². The SMILES string of the molecule is Cc1ccc(C(=O)N2CCOC[C@@H](Cc3cccc4cnccc34)C2)cc1NCc1ccncc1. The fourth-order valence-electron chi connectivity index (χ4n) is 4.69. The summed E-state index contributed by atoms with van der Waals surface area (Å²) in [6.07, 6.45) is 8.17. The van der Waals surface area contributed by atoms with E-state index in [4.69, 9.17) is 4.74 Å². The Morgan fingerprint density at radius 2 is 1.94 bits per heavy atom. The van der Waals surface area contributed by atoms with Gasteiger partial charge in [-0.15, -0.1) is 0 Å². The largest absolute Gasteiger partial charge is 0.381 e. The summed E-state index contributed by atoms with van der Waals surface area (Å²) in [5, 5.41) is 5.82. The molecule has 5 rings (SSSR count). The van der Waals surface area contributed by atoms with Crippen molar-refractivity contribution in [3.8, 4) is 0 Å². The van der Waals surface area contributed by atoms with Gasteiger partial charge in [0.25, 0.3) is 5.91 Å². The van der Waals surface area contributed by atoms with Crippen LogP contribution in [0.25, 0.3) is 10.8 Å². The van der Waals surface area contributed by atoms with Crippen molar-refractivity contribution in [2.45, 2.75) is 19.9 Å². The highest BCUT2D eigenvalue weighted by Gasteiger charge is 2.24. The van der Waals surface area contributed by atoms with Gasteiger partial charge in [0.05, 0.1) is 13.2 Å². The first-order valence-electron chi connectivity index (χ1n) is 12.1.